The first-order valence-electron chi connectivity index (χ1n) is 5.95. The number of carbonyl (C=O) groups is 1. The number of aryl methyl sites for hydroxylation is 1. The quantitative estimate of drug-likeness (QED) is 0.829. The van der Waals surface area contributed by atoms with E-state index in [4.69, 9.17) is 11.6 Å². The molecule has 0 aliphatic rings. The van der Waals surface area contributed by atoms with Crippen molar-refractivity contribution in [3.8, 4) is 0 Å². The average Bonchev–Trinajstić information content (AvgIpc) is 2.38. The molecule has 0 aliphatic carbocycles. The van der Waals surface area contributed by atoms with E-state index < -0.39 is 0 Å². The molecule has 2 rings (SSSR count). The number of carbonyl (C=O) groups excluding carboxylic acids is 1. The van der Waals surface area contributed by atoms with E-state index in [2.05, 4.69) is 5.32 Å². The second-order valence-electron chi connectivity index (χ2n) is 4.24. The lowest BCUT2D eigenvalue weighted by Gasteiger charge is -2.02. The van der Waals surface area contributed by atoms with Crippen molar-refractivity contribution in [3.05, 3.63) is 70.8 Å². The van der Waals surface area contributed by atoms with Crippen molar-refractivity contribution in [2.24, 2.45) is 0 Å². The first-order valence-corrected chi connectivity index (χ1v) is 6.32. The molecular weight excluding hydrogens is 258 g/mol. The van der Waals surface area contributed by atoms with E-state index in [9.17, 15) is 4.79 Å². The molecule has 0 radical (unpaired) electrons. The zero-order valence-electron chi connectivity index (χ0n) is 10.6. The highest BCUT2D eigenvalue weighted by atomic mass is 35.5. The molecule has 2 aromatic rings. The predicted molar refractivity (Wildman–Crippen MR) is 80.3 cm³/mol. The zero-order valence-corrected chi connectivity index (χ0v) is 11.3. The van der Waals surface area contributed by atoms with E-state index in [-0.39, 0.29) is 5.91 Å². The van der Waals surface area contributed by atoms with Crippen LogP contribution in [0.2, 0.25) is 5.02 Å². The molecule has 0 saturated carbocycles. The number of halogens is 1. The molecule has 1 amide bonds. The maximum atomic E-state index is 11.7. The van der Waals surface area contributed by atoms with Gasteiger partial charge in [-0.15, -0.1) is 0 Å². The van der Waals surface area contributed by atoms with E-state index in [1.165, 1.54) is 6.08 Å². The van der Waals surface area contributed by atoms with Crippen LogP contribution in [-0.4, -0.2) is 5.91 Å². The van der Waals surface area contributed by atoms with E-state index in [0.717, 1.165) is 16.8 Å². The summed E-state index contributed by atoms with van der Waals surface area (Å²) in [7, 11) is 0. The largest absolute Gasteiger partial charge is 0.323 e. The normalized spacial score (nSPS) is 10.6. The minimum absolute atomic E-state index is 0.152. The highest BCUT2D eigenvalue weighted by Crippen LogP contribution is 2.12. The van der Waals surface area contributed by atoms with Crippen LogP contribution in [0, 0.1) is 6.92 Å². The molecule has 0 unspecified atom stereocenters. The second kappa shape index (κ2) is 6.21. The Hall–Kier alpha value is -2.06. The zero-order chi connectivity index (χ0) is 13.7. The first-order chi connectivity index (χ1) is 9.13. The van der Waals surface area contributed by atoms with Gasteiger partial charge in [0.2, 0.25) is 5.91 Å². The van der Waals surface area contributed by atoms with Crippen LogP contribution >= 0.6 is 11.6 Å². The molecule has 0 aliphatic heterocycles. The van der Waals surface area contributed by atoms with Gasteiger partial charge in [0, 0.05) is 16.8 Å². The highest BCUT2D eigenvalue weighted by molar-refractivity contribution is 6.30. The summed E-state index contributed by atoms with van der Waals surface area (Å²) in [5.74, 6) is -0.152. The van der Waals surface area contributed by atoms with Crippen LogP contribution in [0.5, 0.6) is 0 Å². The maximum Gasteiger partial charge on any atom is 0.248 e. The van der Waals surface area contributed by atoms with Crippen molar-refractivity contribution in [1.29, 1.82) is 0 Å². The Morgan fingerprint density at radius 1 is 1.16 bits per heavy atom. The molecule has 1 N–H and O–H groups in total. The van der Waals surface area contributed by atoms with Gasteiger partial charge in [-0.2, -0.15) is 0 Å². The fraction of sp³-hybridized carbons (Fsp3) is 0.0625. The third-order valence-electron chi connectivity index (χ3n) is 2.58. The standard InChI is InChI=1S/C16H14ClNO/c1-12-3-2-4-15(11-12)18-16(19)10-7-13-5-8-14(17)9-6-13/h2-11H,1H3,(H,18,19)/b10-7+. The Kier molecular flexibility index (Phi) is 4.37. The SMILES string of the molecule is Cc1cccc(NC(=O)/C=C/c2ccc(Cl)cc2)c1. The van der Waals surface area contributed by atoms with E-state index >= 15 is 0 Å². The summed E-state index contributed by atoms with van der Waals surface area (Å²) in [6.07, 6.45) is 3.26. The van der Waals surface area contributed by atoms with Gasteiger partial charge in [-0.1, -0.05) is 35.9 Å². The molecule has 19 heavy (non-hydrogen) atoms. The van der Waals surface area contributed by atoms with Crippen molar-refractivity contribution < 1.29 is 4.79 Å². The molecule has 0 spiro atoms. The van der Waals surface area contributed by atoms with E-state index in [1.807, 2.05) is 43.3 Å². The maximum absolute atomic E-state index is 11.7. The van der Waals surface area contributed by atoms with Crippen LogP contribution in [0.1, 0.15) is 11.1 Å². The molecule has 0 heterocycles. The number of anilines is 1. The third kappa shape index (κ3) is 4.27. The van der Waals surface area contributed by atoms with Gasteiger partial charge in [0.25, 0.3) is 0 Å². The molecule has 0 aromatic heterocycles. The number of benzene rings is 2. The van der Waals surface area contributed by atoms with Crippen LogP contribution in [0.3, 0.4) is 0 Å². The summed E-state index contributed by atoms with van der Waals surface area (Å²) in [5, 5.41) is 3.49. The molecular formula is C16H14ClNO. The first kappa shape index (κ1) is 13.4. The average molecular weight is 272 g/mol. The fourth-order valence-corrected chi connectivity index (χ4v) is 1.78. The fourth-order valence-electron chi connectivity index (χ4n) is 1.65. The van der Waals surface area contributed by atoms with Crippen molar-refractivity contribution >= 4 is 29.3 Å². The molecule has 3 heteroatoms. The number of amides is 1. The van der Waals surface area contributed by atoms with Crippen molar-refractivity contribution in [2.45, 2.75) is 6.92 Å². The predicted octanol–water partition coefficient (Wildman–Crippen LogP) is 4.30. The highest BCUT2D eigenvalue weighted by Gasteiger charge is 1.97. The van der Waals surface area contributed by atoms with Gasteiger partial charge >= 0.3 is 0 Å². The molecule has 2 nitrogen and oxygen atoms in total. The summed E-state index contributed by atoms with van der Waals surface area (Å²) in [5.41, 5.74) is 2.84. The van der Waals surface area contributed by atoms with Gasteiger partial charge in [0.15, 0.2) is 0 Å². The van der Waals surface area contributed by atoms with Crippen LogP contribution in [-0.2, 0) is 4.79 Å². The van der Waals surface area contributed by atoms with Crippen LogP contribution < -0.4 is 5.32 Å². The molecule has 2 aromatic carbocycles. The molecule has 0 bridgehead atoms. The molecule has 0 saturated heterocycles. The monoisotopic (exact) mass is 271 g/mol. The lowest BCUT2D eigenvalue weighted by Crippen LogP contribution is -2.07. The second-order valence-corrected chi connectivity index (χ2v) is 4.68. The van der Waals surface area contributed by atoms with Crippen LogP contribution in [0.25, 0.3) is 6.08 Å². The topological polar surface area (TPSA) is 29.1 Å². The van der Waals surface area contributed by atoms with Crippen LogP contribution in [0.15, 0.2) is 54.6 Å². The Balaban J connectivity index is 1.99. The van der Waals surface area contributed by atoms with Crippen molar-refractivity contribution in [3.63, 3.8) is 0 Å². The Bertz CT molecular complexity index is 602. The van der Waals surface area contributed by atoms with Gasteiger partial charge in [-0.3, -0.25) is 4.79 Å². The molecule has 96 valence electrons. The van der Waals surface area contributed by atoms with Gasteiger partial charge < -0.3 is 5.32 Å². The van der Waals surface area contributed by atoms with Gasteiger partial charge in [0.05, 0.1) is 0 Å². The minimum Gasteiger partial charge on any atom is -0.323 e. The lowest BCUT2D eigenvalue weighted by molar-refractivity contribution is -0.111. The Morgan fingerprint density at radius 2 is 1.89 bits per heavy atom. The van der Waals surface area contributed by atoms with Gasteiger partial charge in [0.1, 0.15) is 0 Å². The van der Waals surface area contributed by atoms with E-state index in [1.54, 1.807) is 18.2 Å². The van der Waals surface area contributed by atoms with Gasteiger partial charge in [-0.25, -0.2) is 0 Å². The summed E-state index contributed by atoms with van der Waals surface area (Å²) < 4.78 is 0. The summed E-state index contributed by atoms with van der Waals surface area (Å²) in [6.45, 7) is 1.99. The Morgan fingerprint density at radius 3 is 2.58 bits per heavy atom. The molecule has 0 atom stereocenters. The summed E-state index contributed by atoms with van der Waals surface area (Å²) in [4.78, 5) is 11.7. The van der Waals surface area contributed by atoms with Gasteiger partial charge in [-0.05, 0) is 48.4 Å². The summed E-state index contributed by atoms with van der Waals surface area (Å²) in [6, 6.07) is 15.0. The third-order valence-corrected chi connectivity index (χ3v) is 2.83. The number of rotatable bonds is 3. The number of hydrogen-bond acceptors (Lipinski definition) is 1. The van der Waals surface area contributed by atoms with E-state index in [0.29, 0.717) is 5.02 Å². The minimum atomic E-state index is -0.152. The molecule has 0 fully saturated rings. The summed E-state index contributed by atoms with van der Waals surface area (Å²) >= 11 is 5.79. The van der Waals surface area contributed by atoms with Crippen molar-refractivity contribution in [1.82, 2.24) is 0 Å². The number of nitrogens with one attached hydrogen (secondary N) is 1. The number of hydrogen-bond donors (Lipinski definition) is 1. The smallest absolute Gasteiger partial charge is 0.248 e. The van der Waals surface area contributed by atoms with Crippen molar-refractivity contribution in [2.75, 3.05) is 5.32 Å². The van der Waals surface area contributed by atoms with Crippen LogP contribution in [0.4, 0.5) is 5.69 Å². The Labute approximate surface area is 117 Å². The lowest BCUT2D eigenvalue weighted by atomic mass is 10.2.